The highest BCUT2D eigenvalue weighted by Gasteiger charge is 2.28. The second kappa shape index (κ2) is 5.21. The van der Waals surface area contributed by atoms with Crippen LogP contribution in [0, 0.1) is 12.8 Å². The van der Waals surface area contributed by atoms with Gasteiger partial charge in [-0.25, -0.2) is 4.79 Å². The van der Waals surface area contributed by atoms with E-state index in [0.717, 1.165) is 23.1 Å². The van der Waals surface area contributed by atoms with E-state index in [1.807, 2.05) is 25.1 Å². The van der Waals surface area contributed by atoms with Crippen LogP contribution in [0.2, 0.25) is 0 Å². The van der Waals surface area contributed by atoms with Crippen molar-refractivity contribution in [2.24, 2.45) is 5.92 Å². The van der Waals surface area contributed by atoms with Crippen molar-refractivity contribution < 1.29 is 19.1 Å². The predicted octanol–water partition coefficient (Wildman–Crippen LogP) is 2.52. The van der Waals surface area contributed by atoms with Crippen molar-refractivity contribution in [3.05, 3.63) is 34.9 Å². The highest BCUT2D eigenvalue weighted by Crippen LogP contribution is 2.26. The van der Waals surface area contributed by atoms with Crippen LogP contribution in [0.4, 0.5) is 4.79 Å². The van der Waals surface area contributed by atoms with Crippen molar-refractivity contribution >= 4 is 11.9 Å². The maximum atomic E-state index is 12.2. The minimum atomic E-state index is -0.738. The molecule has 96 valence electrons. The van der Waals surface area contributed by atoms with E-state index in [9.17, 15) is 9.59 Å². The molecule has 0 saturated carbocycles. The highest BCUT2D eigenvalue weighted by molar-refractivity contribution is 6.00. The van der Waals surface area contributed by atoms with Gasteiger partial charge in [-0.1, -0.05) is 17.7 Å². The number of Topliss-reactive ketones (excluding diaryl/α,β-unsaturated/α-hetero) is 1. The van der Waals surface area contributed by atoms with Gasteiger partial charge >= 0.3 is 6.16 Å². The summed E-state index contributed by atoms with van der Waals surface area (Å²) >= 11 is 0. The van der Waals surface area contributed by atoms with Crippen molar-refractivity contribution in [3.8, 4) is 0 Å². The van der Waals surface area contributed by atoms with Gasteiger partial charge in [0.25, 0.3) is 0 Å². The summed E-state index contributed by atoms with van der Waals surface area (Å²) < 4.78 is 9.26. The van der Waals surface area contributed by atoms with E-state index in [1.54, 1.807) is 0 Å². The van der Waals surface area contributed by atoms with Crippen molar-refractivity contribution in [3.63, 3.8) is 0 Å². The number of hydrogen-bond acceptors (Lipinski definition) is 4. The third-order valence-electron chi connectivity index (χ3n) is 3.23. The van der Waals surface area contributed by atoms with Crippen LogP contribution in [0.5, 0.6) is 0 Å². The smallest absolute Gasteiger partial charge is 0.438 e. The van der Waals surface area contributed by atoms with Crippen LogP contribution in [0.25, 0.3) is 0 Å². The lowest BCUT2D eigenvalue weighted by Gasteiger charge is -2.23. The maximum absolute atomic E-state index is 12.2. The van der Waals surface area contributed by atoms with Gasteiger partial charge in [-0.2, -0.15) is 0 Å². The van der Waals surface area contributed by atoms with Crippen LogP contribution in [-0.2, 0) is 15.9 Å². The standard InChI is InChI=1S/C14H16O4/c1-9-3-4-10-5-6-11(8-18-14(16)17-2)13(15)12(10)7-9/h3-4,7,11H,5-6,8H2,1-2H3. The lowest BCUT2D eigenvalue weighted by Crippen LogP contribution is -2.27. The largest absolute Gasteiger partial charge is 0.508 e. The van der Waals surface area contributed by atoms with Gasteiger partial charge in [0.15, 0.2) is 5.78 Å². The highest BCUT2D eigenvalue weighted by atomic mass is 16.7. The summed E-state index contributed by atoms with van der Waals surface area (Å²) in [6, 6.07) is 5.92. The van der Waals surface area contributed by atoms with Crippen LogP contribution in [0.1, 0.15) is 27.9 Å². The fourth-order valence-electron chi connectivity index (χ4n) is 2.20. The molecule has 0 spiro atoms. The average Bonchev–Trinajstić information content (AvgIpc) is 2.38. The molecule has 4 nitrogen and oxygen atoms in total. The molecule has 1 aromatic rings. The van der Waals surface area contributed by atoms with E-state index in [2.05, 4.69) is 4.74 Å². The maximum Gasteiger partial charge on any atom is 0.508 e. The summed E-state index contributed by atoms with van der Waals surface area (Å²) in [6.45, 7) is 2.06. The van der Waals surface area contributed by atoms with E-state index in [1.165, 1.54) is 7.11 Å². The van der Waals surface area contributed by atoms with Crippen LogP contribution >= 0.6 is 0 Å². The molecule has 0 heterocycles. The number of carbonyl (C=O) groups is 2. The Morgan fingerprint density at radius 2 is 2.22 bits per heavy atom. The fourth-order valence-corrected chi connectivity index (χ4v) is 2.20. The van der Waals surface area contributed by atoms with Gasteiger partial charge in [-0.15, -0.1) is 0 Å². The Kier molecular flexibility index (Phi) is 3.65. The molecule has 1 atom stereocenters. The number of methoxy groups -OCH3 is 1. The number of aryl methyl sites for hydroxylation is 2. The molecular weight excluding hydrogens is 232 g/mol. The van der Waals surface area contributed by atoms with Crippen molar-refractivity contribution in [2.45, 2.75) is 19.8 Å². The van der Waals surface area contributed by atoms with Crippen LogP contribution in [0.15, 0.2) is 18.2 Å². The molecule has 0 aromatic heterocycles. The molecular formula is C14H16O4. The molecule has 0 saturated heterocycles. The topological polar surface area (TPSA) is 52.6 Å². The Morgan fingerprint density at radius 3 is 2.94 bits per heavy atom. The monoisotopic (exact) mass is 248 g/mol. The van der Waals surface area contributed by atoms with Gasteiger partial charge in [-0.3, -0.25) is 4.79 Å². The molecule has 0 aliphatic heterocycles. The number of hydrogen-bond donors (Lipinski definition) is 0. The van der Waals surface area contributed by atoms with Crippen LogP contribution in [-0.4, -0.2) is 25.7 Å². The summed E-state index contributed by atoms with van der Waals surface area (Å²) in [5, 5.41) is 0. The Labute approximate surface area is 106 Å². The SMILES string of the molecule is COC(=O)OCC1CCc2ccc(C)cc2C1=O. The van der Waals surface area contributed by atoms with E-state index < -0.39 is 6.16 Å². The first kappa shape index (κ1) is 12.6. The molecule has 1 aliphatic carbocycles. The van der Waals surface area contributed by atoms with Crippen molar-refractivity contribution in [1.82, 2.24) is 0 Å². The average molecular weight is 248 g/mol. The quantitative estimate of drug-likeness (QED) is 0.755. The number of fused-ring (bicyclic) bond motifs is 1. The number of carbonyl (C=O) groups excluding carboxylic acids is 2. The van der Waals surface area contributed by atoms with Crippen LogP contribution < -0.4 is 0 Å². The molecule has 1 unspecified atom stereocenters. The summed E-state index contributed by atoms with van der Waals surface area (Å²) in [4.78, 5) is 23.1. The molecule has 1 aromatic carbocycles. The number of ketones is 1. The van der Waals surface area contributed by atoms with Gasteiger partial charge in [-0.05, 0) is 31.4 Å². The zero-order valence-corrected chi connectivity index (χ0v) is 10.6. The molecule has 0 bridgehead atoms. The third kappa shape index (κ3) is 2.53. The van der Waals surface area contributed by atoms with Gasteiger partial charge in [0.05, 0.1) is 13.0 Å². The lowest BCUT2D eigenvalue weighted by atomic mass is 9.82. The Hall–Kier alpha value is -1.84. The third-order valence-corrected chi connectivity index (χ3v) is 3.23. The second-order valence-corrected chi connectivity index (χ2v) is 4.53. The number of benzene rings is 1. The zero-order valence-electron chi connectivity index (χ0n) is 10.6. The lowest BCUT2D eigenvalue weighted by molar-refractivity contribution is 0.0533. The fraction of sp³-hybridized carbons (Fsp3) is 0.429. The molecule has 0 radical (unpaired) electrons. The van der Waals surface area contributed by atoms with E-state index in [-0.39, 0.29) is 18.3 Å². The molecule has 0 amide bonds. The molecule has 2 rings (SSSR count). The minimum Gasteiger partial charge on any atom is -0.438 e. The zero-order chi connectivity index (χ0) is 13.1. The van der Waals surface area contributed by atoms with Gasteiger partial charge < -0.3 is 9.47 Å². The predicted molar refractivity (Wildman–Crippen MR) is 65.7 cm³/mol. The molecule has 18 heavy (non-hydrogen) atoms. The van der Waals surface area contributed by atoms with Gasteiger partial charge in [0, 0.05) is 5.56 Å². The van der Waals surface area contributed by atoms with Gasteiger partial charge in [0.2, 0.25) is 0 Å². The molecule has 4 heteroatoms. The first-order valence-electron chi connectivity index (χ1n) is 5.96. The molecule has 0 fully saturated rings. The van der Waals surface area contributed by atoms with E-state index >= 15 is 0 Å². The minimum absolute atomic E-state index is 0.0591. The van der Waals surface area contributed by atoms with Crippen molar-refractivity contribution in [2.75, 3.05) is 13.7 Å². The summed E-state index contributed by atoms with van der Waals surface area (Å²) in [5.74, 6) is -0.192. The molecule has 0 N–H and O–H groups in total. The van der Waals surface area contributed by atoms with E-state index in [4.69, 9.17) is 4.74 Å². The Morgan fingerprint density at radius 1 is 1.44 bits per heavy atom. The number of ether oxygens (including phenoxy) is 2. The van der Waals surface area contributed by atoms with E-state index in [0.29, 0.717) is 6.42 Å². The van der Waals surface area contributed by atoms with Gasteiger partial charge in [0.1, 0.15) is 6.61 Å². The first-order valence-corrected chi connectivity index (χ1v) is 5.96. The first-order chi connectivity index (χ1) is 8.61. The van der Waals surface area contributed by atoms with Crippen LogP contribution in [0.3, 0.4) is 0 Å². The Bertz CT molecular complexity index is 479. The Balaban J connectivity index is 2.10. The second-order valence-electron chi connectivity index (χ2n) is 4.53. The normalized spacial score (nSPS) is 18.1. The van der Waals surface area contributed by atoms with Crippen molar-refractivity contribution in [1.29, 1.82) is 0 Å². The summed E-state index contributed by atoms with van der Waals surface area (Å²) in [7, 11) is 1.25. The summed E-state index contributed by atoms with van der Waals surface area (Å²) in [5.41, 5.74) is 2.91. The summed E-state index contributed by atoms with van der Waals surface area (Å²) in [6.07, 6.45) is 0.820. The molecule has 1 aliphatic rings. The number of rotatable bonds is 2.